The van der Waals surface area contributed by atoms with Gasteiger partial charge in [-0.3, -0.25) is 0 Å². The minimum absolute atomic E-state index is 0.620. The van der Waals surface area contributed by atoms with Gasteiger partial charge in [-0.1, -0.05) is 46.9 Å². The van der Waals surface area contributed by atoms with E-state index in [9.17, 15) is 0 Å². The second-order valence-corrected chi connectivity index (χ2v) is 5.27. The summed E-state index contributed by atoms with van der Waals surface area (Å²) in [6, 6.07) is 11.3. The van der Waals surface area contributed by atoms with Crippen molar-refractivity contribution in [1.29, 1.82) is 0 Å². The Bertz CT molecular complexity index is 547. The van der Waals surface area contributed by atoms with E-state index in [0.29, 0.717) is 16.6 Å². The Hall–Kier alpha value is -0.890. The van der Waals surface area contributed by atoms with Crippen molar-refractivity contribution in [2.75, 3.05) is 5.32 Å². The van der Waals surface area contributed by atoms with E-state index in [1.807, 2.05) is 43.3 Å². The van der Waals surface area contributed by atoms with Crippen molar-refractivity contribution in [3.8, 4) is 0 Å². The number of anilines is 1. The lowest BCUT2D eigenvalue weighted by atomic mass is 10.1. The molecular formula is C14H12Cl3N. The summed E-state index contributed by atoms with van der Waals surface area (Å²) < 4.78 is 0. The van der Waals surface area contributed by atoms with Crippen LogP contribution in [-0.2, 0) is 6.54 Å². The SMILES string of the molecule is Cc1cc(Cl)ccc1CNc1c(Cl)cccc1Cl. The van der Waals surface area contributed by atoms with Crippen LogP contribution in [0.1, 0.15) is 11.1 Å². The molecule has 94 valence electrons. The zero-order valence-corrected chi connectivity index (χ0v) is 12.1. The summed E-state index contributed by atoms with van der Waals surface area (Å²) in [5, 5.41) is 5.23. The largest absolute Gasteiger partial charge is 0.379 e. The first kappa shape index (κ1) is 13.5. The molecule has 0 aliphatic heterocycles. The number of benzene rings is 2. The van der Waals surface area contributed by atoms with Crippen molar-refractivity contribution in [2.24, 2.45) is 0 Å². The van der Waals surface area contributed by atoms with E-state index in [-0.39, 0.29) is 0 Å². The Labute approximate surface area is 122 Å². The molecule has 0 aromatic heterocycles. The number of hydrogen-bond acceptors (Lipinski definition) is 1. The van der Waals surface area contributed by atoms with Crippen LogP contribution in [0.5, 0.6) is 0 Å². The number of rotatable bonds is 3. The van der Waals surface area contributed by atoms with Gasteiger partial charge < -0.3 is 5.32 Å². The van der Waals surface area contributed by atoms with Gasteiger partial charge in [0.15, 0.2) is 0 Å². The molecule has 0 bridgehead atoms. The number of nitrogens with one attached hydrogen (secondary N) is 1. The predicted octanol–water partition coefficient (Wildman–Crippen LogP) is 5.57. The maximum absolute atomic E-state index is 6.09. The minimum Gasteiger partial charge on any atom is -0.379 e. The molecule has 0 amide bonds. The average molecular weight is 301 g/mol. The Kier molecular flexibility index (Phi) is 4.39. The zero-order valence-electron chi connectivity index (χ0n) is 9.81. The van der Waals surface area contributed by atoms with E-state index >= 15 is 0 Å². The van der Waals surface area contributed by atoms with Gasteiger partial charge in [0.2, 0.25) is 0 Å². The molecule has 0 fully saturated rings. The molecule has 0 atom stereocenters. The highest BCUT2D eigenvalue weighted by molar-refractivity contribution is 6.39. The third-order valence-electron chi connectivity index (χ3n) is 2.72. The van der Waals surface area contributed by atoms with E-state index < -0.39 is 0 Å². The smallest absolute Gasteiger partial charge is 0.0721 e. The molecular weight excluding hydrogens is 289 g/mol. The summed E-state index contributed by atoms with van der Waals surface area (Å²) >= 11 is 18.1. The van der Waals surface area contributed by atoms with Crippen LogP contribution in [0.4, 0.5) is 5.69 Å². The number of para-hydroxylation sites is 1. The Morgan fingerprint density at radius 2 is 1.67 bits per heavy atom. The van der Waals surface area contributed by atoms with Crippen molar-refractivity contribution in [2.45, 2.75) is 13.5 Å². The fraction of sp³-hybridized carbons (Fsp3) is 0.143. The van der Waals surface area contributed by atoms with E-state index in [0.717, 1.165) is 21.8 Å². The topological polar surface area (TPSA) is 12.0 Å². The third kappa shape index (κ3) is 3.11. The van der Waals surface area contributed by atoms with Gasteiger partial charge in [-0.15, -0.1) is 0 Å². The molecule has 1 N–H and O–H groups in total. The molecule has 0 saturated carbocycles. The first-order valence-corrected chi connectivity index (χ1v) is 6.64. The Balaban J connectivity index is 2.16. The van der Waals surface area contributed by atoms with Gasteiger partial charge in [0.05, 0.1) is 15.7 Å². The fourth-order valence-electron chi connectivity index (χ4n) is 1.71. The zero-order chi connectivity index (χ0) is 13.1. The van der Waals surface area contributed by atoms with Crippen LogP contribution >= 0.6 is 34.8 Å². The number of aryl methyl sites for hydroxylation is 1. The standard InChI is InChI=1S/C14H12Cl3N/c1-9-7-11(15)6-5-10(9)8-18-14-12(16)3-2-4-13(14)17/h2-7,18H,8H2,1H3. The van der Waals surface area contributed by atoms with Gasteiger partial charge in [-0.25, -0.2) is 0 Å². The van der Waals surface area contributed by atoms with Crippen molar-refractivity contribution in [3.63, 3.8) is 0 Å². The van der Waals surface area contributed by atoms with Gasteiger partial charge in [-0.2, -0.15) is 0 Å². The molecule has 0 saturated heterocycles. The molecule has 1 nitrogen and oxygen atoms in total. The van der Waals surface area contributed by atoms with Gasteiger partial charge in [0, 0.05) is 11.6 Å². The van der Waals surface area contributed by atoms with E-state index in [1.54, 1.807) is 0 Å². The lowest BCUT2D eigenvalue weighted by Gasteiger charge is -2.12. The van der Waals surface area contributed by atoms with Crippen molar-refractivity contribution >= 4 is 40.5 Å². The average Bonchev–Trinajstić information content (AvgIpc) is 2.31. The highest BCUT2D eigenvalue weighted by Crippen LogP contribution is 2.30. The fourth-order valence-corrected chi connectivity index (χ4v) is 2.47. The summed E-state index contributed by atoms with van der Waals surface area (Å²) in [7, 11) is 0. The molecule has 0 unspecified atom stereocenters. The van der Waals surface area contributed by atoms with E-state index in [1.165, 1.54) is 0 Å². The first-order valence-electron chi connectivity index (χ1n) is 5.51. The van der Waals surface area contributed by atoms with E-state index in [4.69, 9.17) is 34.8 Å². The van der Waals surface area contributed by atoms with Gasteiger partial charge in [-0.05, 0) is 42.3 Å². The highest BCUT2D eigenvalue weighted by Gasteiger charge is 2.05. The molecule has 18 heavy (non-hydrogen) atoms. The van der Waals surface area contributed by atoms with Crippen LogP contribution in [0.25, 0.3) is 0 Å². The summed E-state index contributed by atoms with van der Waals surface area (Å²) in [5.41, 5.74) is 3.06. The molecule has 0 heterocycles. The molecule has 0 aliphatic rings. The van der Waals surface area contributed by atoms with Crippen LogP contribution in [0, 0.1) is 6.92 Å². The Morgan fingerprint density at radius 1 is 1.00 bits per heavy atom. The predicted molar refractivity (Wildman–Crippen MR) is 80.0 cm³/mol. The van der Waals surface area contributed by atoms with Crippen LogP contribution in [-0.4, -0.2) is 0 Å². The summed E-state index contributed by atoms with van der Waals surface area (Å²) in [6.45, 7) is 2.68. The maximum Gasteiger partial charge on any atom is 0.0721 e. The molecule has 0 radical (unpaired) electrons. The second kappa shape index (κ2) is 5.83. The third-order valence-corrected chi connectivity index (χ3v) is 3.59. The van der Waals surface area contributed by atoms with E-state index in [2.05, 4.69) is 5.32 Å². The van der Waals surface area contributed by atoms with Gasteiger partial charge in [0.1, 0.15) is 0 Å². The molecule has 0 spiro atoms. The lowest BCUT2D eigenvalue weighted by molar-refractivity contribution is 1.12. The van der Waals surface area contributed by atoms with Gasteiger partial charge >= 0.3 is 0 Å². The quantitative estimate of drug-likeness (QED) is 0.781. The number of halogens is 3. The van der Waals surface area contributed by atoms with Crippen LogP contribution in [0.2, 0.25) is 15.1 Å². The molecule has 2 aromatic rings. The van der Waals surface area contributed by atoms with Crippen molar-refractivity contribution < 1.29 is 0 Å². The molecule has 0 aliphatic carbocycles. The normalized spacial score (nSPS) is 10.4. The minimum atomic E-state index is 0.620. The first-order chi connectivity index (χ1) is 8.58. The van der Waals surface area contributed by atoms with Crippen LogP contribution in [0.3, 0.4) is 0 Å². The molecule has 2 rings (SSSR count). The Morgan fingerprint density at radius 3 is 2.28 bits per heavy atom. The van der Waals surface area contributed by atoms with Crippen molar-refractivity contribution in [1.82, 2.24) is 0 Å². The summed E-state index contributed by atoms with van der Waals surface area (Å²) in [4.78, 5) is 0. The van der Waals surface area contributed by atoms with Crippen LogP contribution < -0.4 is 5.32 Å². The molecule has 4 heteroatoms. The lowest BCUT2D eigenvalue weighted by Crippen LogP contribution is -2.02. The van der Waals surface area contributed by atoms with Crippen LogP contribution in [0.15, 0.2) is 36.4 Å². The second-order valence-electron chi connectivity index (χ2n) is 4.02. The monoisotopic (exact) mass is 299 g/mol. The molecule has 2 aromatic carbocycles. The van der Waals surface area contributed by atoms with Crippen molar-refractivity contribution in [3.05, 3.63) is 62.6 Å². The number of hydrogen-bond donors (Lipinski definition) is 1. The highest BCUT2D eigenvalue weighted by atomic mass is 35.5. The summed E-state index contributed by atoms with van der Waals surface area (Å²) in [6.07, 6.45) is 0. The maximum atomic E-state index is 6.09. The van der Waals surface area contributed by atoms with Gasteiger partial charge in [0.25, 0.3) is 0 Å². The summed E-state index contributed by atoms with van der Waals surface area (Å²) in [5.74, 6) is 0.